The number of piperidine rings is 1. The Morgan fingerprint density at radius 1 is 1.56 bits per heavy atom. The molecule has 0 saturated carbocycles. The average molecular weight is 130 g/mol. The van der Waals surface area contributed by atoms with Gasteiger partial charge in [0.1, 0.15) is 0 Å². The molecule has 1 rings (SSSR count). The molecule has 1 heterocycles. The summed E-state index contributed by atoms with van der Waals surface area (Å²) in [5.74, 6) is 0. The second kappa shape index (κ2) is 3.15. The van der Waals surface area contributed by atoms with E-state index in [0.717, 1.165) is 19.5 Å². The van der Waals surface area contributed by atoms with E-state index in [0.29, 0.717) is 6.10 Å². The third kappa shape index (κ3) is 1.93. The van der Waals surface area contributed by atoms with Crippen LogP contribution in [0.2, 0.25) is 0 Å². The summed E-state index contributed by atoms with van der Waals surface area (Å²) in [6, 6.07) is 0.281. The van der Waals surface area contributed by atoms with Crippen molar-refractivity contribution in [2.75, 3.05) is 20.2 Å². The van der Waals surface area contributed by atoms with Crippen LogP contribution in [0.5, 0.6) is 0 Å². The predicted octanol–water partition coefficient (Wildman–Crippen LogP) is -0.678. The highest BCUT2D eigenvalue weighted by molar-refractivity contribution is 4.78. The van der Waals surface area contributed by atoms with Crippen LogP contribution < -0.4 is 11.1 Å². The first-order chi connectivity index (χ1) is 4.33. The van der Waals surface area contributed by atoms with Crippen LogP contribution >= 0.6 is 0 Å². The van der Waals surface area contributed by atoms with Gasteiger partial charge in [-0.3, -0.25) is 0 Å². The fourth-order valence-electron chi connectivity index (χ4n) is 1.11. The van der Waals surface area contributed by atoms with E-state index in [9.17, 15) is 0 Å². The van der Waals surface area contributed by atoms with Crippen molar-refractivity contribution in [3.05, 3.63) is 0 Å². The van der Waals surface area contributed by atoms with Crippen molar-refractivity contribution in [3.8, 4) is 0 Å². The SMILES string of the molecule is COC1CNC[C@H](N)C1. The van der Waals surface area contributed by atoms with Gasteiger partial charge in [-0.15, -0.1) is 0 Å². The van der Waals surface area contributed by atoms with Gasteiger partial charge in [0, 0.05) is 26.2 Å². The van der Waals surface area contributed by atoms with Crippen LogP contribution in [-0.4, -0.2) is 32.3 Å². The first-order valence-corrected chi connectivity index (χ1v) is 3.32. The molecule has 1 aliphatic heterocycles. The third-order valence-electron chi connectivity index (χ3n) is 1.68. The highest BCUT2D eigenvalue weighted by atomic mass is 16.5. The molecule has 1 unspecified atom stereocenters. The molecule has 0 bridgehead atoms. The van der Waals surface area contributed by atoms with E-state index in [2.05, 4.69) is 5.32 Å². The smallest absolute Gasteiger partial charge is 0.0710 e. The summed E-state index contributed by atoms with van der Waals surface area (Å²) in [5.41, 5.74) is 5.66. The quantitative estimate of drug-likeness (QED) is 0.494. The Kier molecular flexibility index (Phi) is 2.45. The summed E-state index contributed by atoms with van der Waals surface area (Å²) in [6.45, 7) is 1.88. The second-order valence-electron chi connectivity index (χ2n) is 2.51. The molecule has 1 aliphatic rings. The number of hydrogen-bond donors (Lipinski definition) is 2. The van der Waals surface area contributed by atoms with Gasteiger partial charge in [0.2, 0.25) is 0 Å². The van der Waals surface area contributed by atoms with E-state index in [1.165, 1.54) is 0 Å². The monoisotopic (exact) mass is 130 g/mol. The number of methoxy groups -OCH3 is 1. The zero-order valence-corrected chi connectivity index (χ0v) is 5.76. The summed E-state index contributed by atoms with van der Waals surface area (Å²) < 4.78 is 5.12. The van der Waals surface area contributed by atoms with Crippen LogP contribution in [-0.2, 0) is 4.74 Å². The molecule has 9 heavy (non-hydrogen) atoms. The number of ether oxygens (including phenoxy) is 1. The summed E-state index contributed by atoms with van der Waals surface area (Å²) >= 11 is 0. The van der Waals surface area contributed by atoms with Crippen LogP contribution in [0.4, 0.5) is 0 Å². The highest BCUT2D eigenvalue weighted by Crippen LogP contribution is 2.02. The second-order valence-corrected chi connectivity index (χ2v) is 2.51. The van der Waals surface area contributed by atoms with Crippen molar-refractivity contribution in [2.45, 2.75) is 18.6 Å². The fourth-order valence-corrected chi connectivity index (χ4v) is 1.11. The number of nitrogens with one attached hydrogen (secondary N) is 1. The number of hydrogen-bond acceptors (Lipinski definition) is 3. The molecule has 3 heteroatoms. The van der Waals surface area contributed by atoms with Crippen molar-refractivity contribution in [3.63, 3.8) is 0 Å². The minimum absolute atomic E-state index is 0.281. The lowest BCUT2D eigenvalue weighted by Crippen LogP contribution is -2.47. The molecule has 3 N–H and O–H groups in total. The van der Waals surface area contributed by atoms with Gasteiger partial charge in [0.25, 0.3) is 0 Å². The molecule has 0 aromatic rings. The Balaban J connectivity index is 2.23. The van der Waals surface area contributed by atoms with Crippen molar-refractivity contribution in [2.24, 2.45) is 5.73 Å². The van der Waals surface area contributed by atoms with Gasteiger partial charge >= 0.3 is 0 Å². The first-order valence-electron chi connectivity index (χ1n) is 3.32. The lowest BCUT2D eigenvalue weighted by molar-refractivity contribution is 0.0747. The lowest BCUT2D eigenvalue weighted by Gasteiger charge is -2.26. The Labute approximate surface area is 55.6 Å². The molecule has 0 aromatic carbocycles. The molecule has 3 nitrogen and oxygen atoms in total. The fraction of sp³-hybridized carbons (Fsp3) is 1.00. The Bertz CT molecular complexity index is 87.1. The zero-order valence-electron chi connectivity index (χ0n) is 5.76. The summed E-state index contributed by atoms with van der Waals surface area (Å²) in [4.78, 5) is 0. The third-order valence-corrected chi connectivity index (χ3v) is 1.68. The maximum Gasteiger partial charge on any atom is 0.0710 e. The van der Waals surface area contributed by atoms with Gasteiger partial charge in [-0.25, -0.2) is 0 Å². The van der Waals surface area contributed by atoms with Gasteiger partial charge in [0.15, 0.2) is 0 Å². The molecule has 54 valence electrons. The Morgan fingerprint density at radius 2 is 2.33 bits per heavy atom. The number of nitrogens with two attached hydrogens (primary N) is 1. The molecule has 0 aromatic heterocycles. The maximum atomic E-state index is 5.66. The van der Waals surface area contributed by atoms with Crippen LogP contribution in [0.25, 0.3) is 0 Å². The lowest BCUT2D eigenvalue weighted by atomic mass is 10.1. The molecule has 0 radical (unpaired) electrons. The van der Waals surface area contributed by atoms with E-state index >= 15 is 0 Å². The molecular weight excluding hydrogens is 116 g/mol. The van der Waals surface area contributed by atoms with Gasteiger partial charge in [-0.2, -0.15) is 0 Å². The van der Waals surface area contributed by atoms with E-state index in [1.54, 1.807) is 7.11 Å². The highest BCUT2D eigenvalue weighted by Gasteiger charge is 2.17. The van der Waals surface area contributed by atoms with Gasteiger partial charge in [0.05, 0.1) is 6.10 Å². The van der Waals surface area contributed by atoms with Crippen LogP contribution in [0.3, 0.4) is 0 Å². The van der Waals surface area contributed by atoms with E-state index in [4.69, 9.17) is 10.5 Å². The summed E-state index contributed by atoms with van der Waals surface area (Å²) in [7, 11) is 1.73. The van der Waals surface area contributed by atoms with E-state index in [-0.39, 0.29) is 6.04 Å². The average Bonchev–Trinajstić information content (AvgIpc) is 1.88. The number of rotatable bonds is 1. The molecular formula is C6H14N2O. The Hall–Kier alpha value is -0.120. The minimum atomic E-state index is 0.281. The first kappa shape index (κ1) is 6.99. The van der Waals surface area contributed by atoms with Crippen LogP contribution in [0, 0.1) is 0 Å². The van der Waals surface area contributed by atoms with E-state index < -0.39 is 0 Å². The molecule has 0 aliphatic carbocycles. The largest absolute Gasteiger partial charge is 0.380 e. The van der Waals surface area contributed by atoms with Crippen LogP contribution in [0.1, 0.15) is 6.42 Å². The van der Waals surface area contributed by atoms with Gasteiger partial charge in [-0.05, 0) is 6.42 Å². The predicted molar refractivity (Wildman–Crippen MR) is 36.3 cm³/mol. The van der Waals surface area contributed by atoms with Crippen molar-refractivity contribution < 1.29 is 4.74 Å². The maximum absolute atomic E-state index is 5.66. The van der Waals surface area contributed by atoms with Gasteiger partial charge < -0.3 is 15.8 Å². The topological polar surface area (TPSA) is 47.3 Å². The van der Waals surface area contributed by atoms with Crippen LogP contribution in [0.15, 0.2) is 0 Å². The molecule has 1 saturated heterocycles. The van der Waals surface area contributed by atoms with Crippen molar-refractivity contribution >= 4 is 0 Å². The van der Waals surface area contributed by atoms with Gasteiger partial charge in [-0.1, -0.05) is 0 Å². The molecule has 0 amide bonds. The Morgan fingerprint density at radius 3 is 2.78 bits per heavy atom. The summed E-state index contributed by atoms with van der Waals surface area (Å²) in [6.07, 6.45) is 1.32. The summed E-state index contributed by atoms with van der Waals surface area (Å²) in [5, 5.41) is 3.19. The van der Waals surface area contributed by atoms with E-state index in [1.807, 2.05) is 0 Å². The van der Waals surface area contributed by atoms with Crippen molar-refractivity contribution in [1.29, 1.82) is 0 Å². The molecule has 2 atom stereocenters. The standard InChI is InChI=1S/C6H14N2O/c1-9-6-2-5(7)3-8-4-6/h5-6,8H,2-4,7H2,1H3/t5-,6?/m1/s1. The zero-order chi connectivity index (χ0) is 6.69. The van der Waals surface area contributed by atoms with Crippen molar-refractivity contribution in [1.82, 2.24) is 5.32 Å². The normalized spacial score (nSPS) is 36.7. The minimum Gasteiger partial charge on any atom is -0.380 e. The molecule has 0 spiro atoms. The molecule has 1 fully saturated rings.